The maximum absolute atomic E-state index is 0. The summed E-state index contributed by atoms with van der Waals surface area (Å²) in [5, 5.41) is 0. The molecule has 0 fully saturated rings. The van der Waals surface area contributed by atoms with E-state index in [1.807, 2.05) is 0 Å². The van der Waals surface area contributed by atoms with Crippen molar-refractivity contribution >= 4 is 109 Å². The van der Waals surface area contributed by atoms with Crippen LogP contribution in [0.15, 0.2) is 0 Å². The van der Waals surface area contributed by atoms with Gasteiger partial charge >= 0.3 is 109 Å². The van der Waals surface area contributed by atoms with Gasteiger partial charge in [-0.05, 0) is 0 Å². The Kier molecular flexibility index (Phi) is 102. The summed E-state index contributed by atoms with van der Waals surface area (Å²) in [6.45, 7) is 0. The quantitative estimate of drug-likeness (QED) is 0.396. The second kappa shape index (κ2) is 16.0. The normalized spacial score (nSPS) is 0. The molecule has 0 aliphatic heterocycles. The molecule has 0 rings (SSSR count). The van der Waals surface area contributed by atoms with Crippen molar-refractivity contribution in [1.29, 1.82) is 0 Å². The standard InChI is InChI=1S/Bi.Ca.H2O.Sr.7H/h;;1H2;;;;;;;;. The van der Waals surface area contributed by atoms with E-state index in [4.69, 9.17) is 0 Å². The summed E-state index contributed by atoms with van der Waals surface area (Å²) in [5.74, 6) is 0. The van der Waals surface area contributed by atoms with Crippen LogP contribution in [0.2, 0.25) is 0 Å². The van der Waals surface area contributed by atoms with E-state index < -0.39 is 0 Å². The third-order valence-corrected chi connectivity index (χ3v) is 0. The molecule has 0 aliphatic carbocycles. The van der Waals surface area contributed by atoms with Gasteiger partial charge in [-0.15, -0.1) is 0 Å². The molecule has 0 bridgehead atoms. The average molecular weight is 362 g/mol. The first kappa shape index (κ1) is 25.6. The second-order valence-corrected chi connectivity index (χ2v) is 0. The zero-order valence-electron chi connectivity index (χ0n) is 1.21. The molecule has 0 spiro atoms. The minimum atomic E-state index is 0. The van der Waals surface area contributed by atoms with Crippen molar-refractivity contribution in [2.75, 3.05) is 0 Å². The molecule has 4 heavy (non-hydrogen) atoms. The summed E-state index contributed by atoms with van der Waals surface area (Å²) in [4.78, 5) is 0. The molecule has 4 heteroatoms. The van der Waals surface area contributed by atoms with Crippen LogP contribution < -0.4 is 0 Å². The van der Waals surface area contributed by atoms with Crippen LogP contribution in [0.3, 0.4) is 0 Å². The van der Waals surface area contributed by atoms with Crippen LogP contribution in [0.1, 0.15) is 0 Å². The summed E-state index contributed by atoms with van der Waals surface area (Å²) >= 11 is 0. The molecule has 0 atom stereocenters. The molecule has 0 aromatic heterocycles. The monoisotopic (exact) mass is 362 g/mol. The van der Waals surface area contributed by atoms with Gasteiger partial charge < -0.3 is 5.48 Å². The van der Waals surface area contributed by atoms with Crippen LogP contribution >= 0.6 is 0 Å². The molecule has 0 saturated carbocycles. The number of rotatable bonds is 0. The Balaban J connectivity index is 0. The topological polar surface area (TPSA) is 31.5 Å². The fraction of sp³-hybridized carbons (Fsp3) is 0. The molecule has 24 valence electrons. The van der Waals surface area contributed by atoms with E-state index >= 15 is 0 Å². The predicted molar refractivity (Wildman–Crippen MR) is 30.6 cm³/mol. The van der Waals surface area contributed by atoms with Crippen LogP contribution in [0, 0.1) is 0 Å². The number of hydrogen-bond acceptors (Lipinski definition) is 0. The van der Waals surface area contributed by atoms with Crippen LogP contribution in [0.25, 0.3) is 0 Å². The predicted octanol–water partition coefficient (Wildman–Crippen LogP) is -3.84. The Labute approximate surface area is 112 Å². The van der Waals surface area contributed by atoms with E-state index in [1.165, 1.54) is 0 Å². The van der Waals surface area contributed by atoms with Crippen molar-refractivity contribution < 1.29 is 5.48 Å². The van der Waals surface area contributed by atoms with E-state index in [9.17, 15) is 0 Å². The Morgan fingerprint density at radius 2 is 1.00 bits per heavy atom. The van der Waals surface area contributed by atoms with Gasteiger partial charge in [0.15, 0.2) is 0 Å². The van der Waals surface area contributed by atoms with Crippen molar-refractivity contribution in [1.82, 2.24) is 0 Å². The first-order valence-electron chi connectivity index (χ1n) is 0. The molecule has 0 saturated heterocycles. The summed E-state index contributed by atoms with van der Waals surface area (Å²) in [7, 11) is 0. The molecule has 0 aromatic rings. The van der Waals surface area contributed by atoms with Crippen molar-refractivity contribution in [3.63, 3.8) is 0 Å². The molecular weight excluding hydrogens is 353 g/mol. The van der Waals surface area contributed by atoms with Crippen molar-refractivity contribution in [2.24, 2.45) is 0 Å². The van der Waals surface area contributed by atoms with E-state index in [0.29, 0.717) is 0 Å². The molecule has 0 aliphatic rings. The van der Waals surface area contributed by atoms with Gasteiger partial charge in [-0.1, -0.05) is 0 Å². The summed E-state index contributed by atoms with van der Waals surface area (Å²) in [5.41, 5.74) is 0. The molecule has 0 aromatic carbocycles. The Bertz CT molecular complexity index is 8.00. The minimum absolute atomic E-state index is 0. The molecule has 1 nitrogen and oxygen atoms in total. The third-order valence-electron chi connectivity index (χ3n) is 0. The zero-order valence-corrected chi connectivity index (χ0v) is 6.70. The van der Waals surface area contributed by atoms with Gasteiger partial charge in [0.25, 0.3) is 0 Å². The summed E-state index contributed by atoms with van der Waals surface area (Å²) in [6.07, 6.45) is 0. The molecule has 0 amide bonds. The van der Waals surface area contributed by atoms with E-state index in [2.05, 4.69) is 0 Å². The van der Waals surface area contributed by atoms with Gasteiger partial charge in [0.2, 0.25) is 0 Å². The van der Waals surface area contributed by atoms with Gasteiger partial charge in [0.1, 0.15) is 0 Å². The summed E-state index contributed by atoms with van der Waals surface area (Å²) in [6, 6.07) is 0. The third kappa shape index (κ3) is 9.13. The van der Waals surface area contributed by atoms with Gasteiger partial charge in [0, 0.05) is 0 Å². The van der Waals surface area contributed by atoms with Crippen molar-refractivity contribution in [2.45, 2.75) is 0 Å². The zero-order chi connectivity index (χ0) is 0. The van der Waals surface area contributed by atoms with Gasteiger partial charge in [-0.25, -0.2) is 0 Å². The molecule has 2 N–H and O–H groups in total. The van der Waals surface area contributed by atoms with Crippen LogP contribution in [-0.2, 0) is 0 Å². The fourth-order valence-corrected chi connectivity index (χ4v) is 0. The maximum atomic E-state index is 0. The van der Waals surface area contributed by atoms with Gasteiger partial charge in [-0.2, -0.15) is 0 Å². The van der Waals surface area contributed by atoms with E-state index in [-0.39, 0.29) is 115 Å². The van der Waals surface area contributed by atoms with Crippen molar-refractivity contribution in [3.8, 4) is 0 Å². The van der Waals surface area contributed by atoms with E-state index in [0.717, 1.165) is 0 Å². The molecule has 0 heterocycles. The van der Waals surface area contributed by atoms with Crippen LogP contribution in [-0.4, -0.2) is 115 Å². The fourth-order valence-electron chi connectivity index (χ4n) is 0. The van der Waals surface area contributed by atoms with Gasteiger partial charge in [0.05, 0.1) is 0 Å². The second-order valence-electron chi connectivity index (χ2n) is 0. The SMILES string of the molecule is O.[BiH3].[CaH2].[SrH2]. The Morgan fingerprint density at radius 1 is 1.00 bits per heavy atom. The van der Waals surface area contributed by atoms with Crippen LogP contribution in [0.4, 0.5) is 0 Å². The Hall–Kier alpha value is 3.58. The Morgan fingerprint density at radius 3 is 1.00 bits per heavy atom. The first-order valence-corrected chi connectivity index (χ1v) is 0. The molecule has 0 radical (unpaired) electrons. The summed E-state index contributed by atoms with van der Waals surface area (Å²) < 4.78 is 0. The molecular formula is H9BiCaOSr. The average Bonchev–Trinajstić information content (AvgIpc) is 0. The molecule has 0 unspecified atom stereocenters. The van der Waals surface area contributed by atoms with Crippen LogP contribution in [0.5, 0.6) is 0 Å². The van der Waals surface area contributed by atoms with E-state index in [1.54, 1.807) is 0 Å². The van der Waals surface area contributed by atoms with Gasteiger partial charge in [-0.3, -0.25) is 0 Å². The van der Waals surface area contributed by atoms with Crippen molar-refractivity contribution in [3.05, 3.63) is 0 Å². The number of hydrogen-bond donors (Lipinski definition) is 0. The first-order chi connectivity index (χ1) is 0.